The Morgan fingerprint density at radius 3 is 2.50 bits per heavy atom. The van der Waals surface area contributed by atoms with Gasteiger partial charge in [-0.25, -0.2) is 0 Å². The van der Waals surface area contributed by atoms with E-state index in [1.54, 1.807) is 0 Å². The van der Waals surface area contributed by atoms with Crippen molar-refractivity contribution in [3.8, 4) is 0 Å². The summed E-state index contributed by atoms with van der Waals surface area (Å²) in [5.41, 5.74) is 0. The minimum atomic E-state index is 1.31. The Bertz CT molecular complexity index is 108. The monoisotopic (exact) mass is 109 g/mol. The summed E-state index contributed by atoms with van der Waals surface area (Å²) in [6.07, 6.45) is 4.26. The van der Waals surface area contributed by atoms with Crippen molar-refractivity contribution in [3.05, 3.63) is 25.4 Å². The predicted molar refractivity (Wildman–Crippen MR) is 33.7 cm³/mol. The number of rotatable bonds is 3. The van der Waals surface area contributed by atoms with E-state index in [1.807, 2.05) is 0 Å². The lowest BCUT2D eigenvalue weighted by Gasteiger charge is -1.66. The normalized spacial score (nSPS) is 10.5. The second kappa shape index (κ2) is 5.75. The summed E-state index contributed by atoms with van der Waals surface area (Å²) >= 11 is 0. The quantitative estimate of drug-likeness (QED) is 0.301. The van der Waals surface area contributed by atoms with Crippen LogP contribution >= 0.6 is 0 Å². The van der Waals surface area contributed by atoms with Crippen LogP contribution in [0.2, 0.25) is 0 Å². The fourth-order valence-corrected chi connectivity index (χ4v) is 0.143. The van der Waals surface area contributed by atoms with Gasteiger partial charge in [0.05, 0.1) is 6.21 Å². The topological polar surface area (TPSA) is 37.1 Å². The summed E-state index contributed by atoms with van der Waals surface area (Å²) in [7, 11) is 0. The lowest BCUT2D eigenvalue weighted by atomic mass is 10.7. The van der Waals surface area contributed by atoms with Crippen LogP contribution in [0.5, 0.6) is 0 Å². The van der Waals surface area contributed by atoms with E-state index in [0.717, 1.165) is 0 Å². The number of allylic oxidation sites excluding steroid dienone is 1. The van der Waals surface area contributed by atoms with Crippen molar-refractivity contribution in [2.24, 2.45) is 15.4 Å². The van der Waals surface area contributed by atoms with Gasteiger partial charge in [-0.15, -0.1) is 10.2 Å². The second-order valence-electron chi connectivity index (χ2n) is 0.888. The maximum absolute atomic E-state index is 3.42. The maximum atomic E-state index is 3.42. The van der Waals surface area contributed by atoms with Crippen LogP contribution in [0.1, 0.15) is 0 Å². The third-order valence-corrected chi connectivity index (χ3v) is 0.357. The zero-order valence-electron chi connectivity index (χ0n) is 4.49. The van der Waals surface area contributed by atoms with Crippen LogP contribution in [0.15, 0.2) is 40.9 Å². The first-order chi connectivity index (χ1) is 3.91. The molecule has 0 spiro atoms. The fraction of sp³-hybridized carbons (Fsp3) is 0. The van der Waals surface area contributed by atoms with Gasteiger partial charge in [0.15, 0.2) is 0 Å². The molecule has 0 fully saturated rings. The highest BCUT2D eigenvalue weighted by atomic mass is 15.3. The van der Waals surface area contributed by atoms with Crippen LogP contribution in [0.3, 0.4) is 0 Å². The molecule has 0 atom stereocenters. The van der Waals surface area contributed by atoms with E-state index in [2.05, 4.69) is 28.6 Å². The molecule has 3 heteroatoms. The van der Waals surface area contributed by atoms with E-state index >= 15 is 0 Å². The molecule has 0 aromatic heterocycles. The first-order valence-corrected chi connectivity index (χ1v) is 2.07. The van der Waals surface area contributed by atoms with E-state index in [4.69, 9.17) is 0 Å². The summed E-state index contributed by atoms with van der Waals surface area (Å²) < 4.78 is 0. The largest absolute Gasteiger partial charge is 0.139 e. The van der Waals surface area contributed by atoms with Crippen molar-refractivity contribution in [2.75, 3.05) is 0 Å². The van der Waals surface area contributed by atoms with Crippen molar-refractivity contribution in [3.63, 3.8) is 0 Å². The van der Waals surface area contributed by atoms with Gasteiger partial charge in [-0.2, -0.15) is 0 Å². The molecule has 0 aliphatic rings. The zero-order chi connectivity index (χ0) is 6.24. The smallest absolute Gasteiger partial charge is 0.0507 e. The highest BCUT2D eigenvalue weighted by molar-refractivity contribution is 5.69. The van der Waals surface area contributed by atoms with E-state index in [9.17, 15) is 0 Å². The van der Waals surface area contributed by atoms with Gasteiger partial charge >= 0.3 is 0 Å². The van der Waals surface area contributed by atoms with Gasteiger partial charge in [0, 0.05) is 6.20 Å². The van der Waals surface area contributed by atoms with E-state index < -0.39 is 0 Å². The minimum Gasteiger partial charge on any atom is -0.139 e. The van der Waals surface area contributed by atoms with Crippen LogP contribution in [-0.2, 0) is 0 Å². The molecule has 0 aliphatic carbocycles. The van der Waals surface area contributed by atoms with Crippen molar-refractivity contribution in [1.82, 2.24) is 0 Å². The molecule has 0 bridgehead atoms. The summed E-state index contributed by atoms with van der Waals surface area (Å²) in [6.45, 7) is 6.68. The molecule has 0 aromatic rings. The molecule has 0 radical (unpaired) electrons. The number of hydrogen-bond acceptors (Lipinski definition) is 2. The summed E-state index contributed by atoms with van der Waals surface area (Å²) in [5, 5.41) is 10.1. The molecule has 0 amide bonds. The molecule has 42 valence electrons. The maximum Gasteiger partial charge on any atom is 0.0507 e. The third-order valence-electron chi connectivity index (χ3n) is 0.357. The van der Waals surface area contributed by atoms with Crippen LogP contribution in [0, 0.1) is 0 Å². The van der Waals surface area contributed by atoms with E-state index in [-0.39, 0.29) is 0 Å². The van der Waals surface area contributed by atoms with Crippen LogP contribution in [-0.4, -0.2) is 6.21 Å². The molecule has 0 rings (SSSR count). The van der Waals surface area contributed by atoms with Gasteiger partial charge in [-0.3, -0.25) is 0 Å². The van der Waals surface area contributed by atoms with Crippen molar-refractivity contribution in [1.29, 1.82) is 0 Å². The average Bonchev–Trinajstić information content (AvgIpc) is 1.81. The first-order valence-electron chi connectivity index (χ1n) is 2.07. The van der Waals surface area contributed by atoms with E-state index in [0.29, 0.717) is 0 Å². The Hall–Kier alpha value is -1.25. The van der Waals surface area contributed by atoms with E-state index in [1.165, 1.54) is 18.5 Å². The molecule has 0 aliphatic heterocycles. The molecule has 8 heavy (non-hydrogen) atoms. The SMILES string of the molecule is C=C/C=N\N=N/C=C. The lowest BCUT2D eigenvalue weighted by Crippen LogP contribution is -1.54. The van der Waals surface area contributed by atoms with Gasteiger partial charge in [0.1, 0.15) is 0 Å². The van der Waals surface area contributed by atoms with Crippen LogP contribution in [0.4, 0.5) is 0 Å². The Morgan fingerprint density at radius 1 is 1.25 bits per heavy atom. The third kappa shape index (κ3) is 4.75. The van der Waals surface area contributed by atoms with Gasteiger partial charge in [0.25, 0.3) is 0 Å². The highest BCUT2D eigenvalue weighted by Crippen LogP contribution is 1.73. The molecule has 0 saturated heterocycles. The predicted octanol–water partition coefficient (Wildman–Crippen LogP) is 1.75. The molecule has 0 unspecified atom stereocenters. The summed E-state index contributed by atoms with van der Waals surface area (Å²) in [6, 6.07) is 0. The Balaban J connectivity index is 3.41. The minimum absolute atomic E-state index is 1.31. The van der Waals surface area contributed by atoms with Gasteiger partial charge in [-0.1, -0.05) is 13.2 Å². The van der Waals surface area contributed by atoms with Crippen molar-refractivity contribution < 1.29 is 0 Å². The Kier molecular flexibility index (Phi) is 4.85. The summed E-state index contributed by atoms with van der Waals surface area (Å²) in [4.78, 5) is 0. The summed E-state index contributed by atoms with van der Waals surface area (Å²) in [5.74, 6) is 0. The molecular formula is C5H7N3. The zero-order valence-corrected chi connectivity index (χ0v) is 4.49. The molecule has 0 heterocycles. The van der Waals surface area contributed by atoms with Crippen molar-refractivity contribution in [2.45, 2.75) is 0 Å². The highest BCUT2D eigenvalue weighted by Gasteiger charge is 1.55. The van der Waals surface area contributed by atoms with Gasteiger partial charge in [-0.05, 0) is 11.3 Å². The van der Waals surface area contributed by atoms with Crippen molar-refractivity contribution >= 4 is 6.21 Å². The standard InChI is InChI=1S/C5H7N3/c1-3-5-7-8-6-4-2/h3-5H,1-2H2/b7-5-,8-6-. The second-order valence-corrected chi connectivity index (χ2v) is 0.888. The Morgan fingerprint density at radius 2 is 2.00 bits per heavy atom. The number of nitrogens with zero attached hydrogens (tertiary/aromatic N) is 3. The first kappa shape index (κ1) is 6.75. The average molecular weight is 109 g/mol. The molecular weight excluding hydrogens is 102 g/mol. The van der Waals surface area contributed by atoms with Crippen LogP contribution in [0.25, 0.3) is 0 Å². The number of hydrogen-bond donors (Lipinski definition) is 0. The van der Waals surface area contributed by atoms with Gasteiger partial charge in [0.2, 0.25) is 0 Å². The van der Waals surface area contributed by atoms with Gasteiger partial charge < -0.3 is 0 Å². The van der Waals surface area contributed by atoms with Crippen LogP contribution < -0.4 is 0 Å². The molecule has 0 saturated carbocycles. The lowest BCUT2D eigenvalue weighted by molar-refractivity contribution is 1.06. The molecule has 3 nitrogen and oxygen atoms in total. The molecule has 0 N–H and O–H groups in total. The fourth-order valence-electron chi connectivity index (χ4n) is 0.143. The Labute approximate surface area is 48.1 Å². The molecule has 0 aromatic carbocycles.